The first-order valence-electron chi connectivity index (χ1n) is 6.22. The van der Waals surface area contributed by atoms with E-state index < -0.39 is 5.97 Å². The molecule has 1 aromatic rings. The second kappa shape index (κ2) is 8.87. The van der Waals surface area contributed by atoms with Crippen molar-refractivity contribution in [3.63, 3.8) is 0 Å². The van der Waals surface area contributed by atoms with E-state index >= 15 is 0 Å². The molecule has 0 saturated carbocycles. The van der Waals surface area contributed by atoms with Crippen molar-refractivity contribution < 1.29 is 14.7 Å². The van der Waals surface area contributed by atoms with E-state index in [0.29, 0.717) is 18.8 Å². The minimum Gasteiger partial charge on any atom is -0.481 e. The molecule has 1 amide bonds. The van der Waals surface area contributed by atoms with Crippen molar-refractivity contribution in [3.05, 3.63) is 25.6 Å². The molecule has 0 spiro atoms. The van der Waals surface area contributed by atoms with Crippen molar-refractivity contribution in [2.75, 3.05) is 25.0 Å². The standard InChI is InChI=1S/C13H15Br3N2O3/c1-2-18(4-3-12(20)21)7-11(19)17-13-9(15)5-8(14)6-10(13)16/h5-6H,2-4,7H2,1H3,(H,17,19)(H,20,21). The zero-order valence-corrected chi connectivity index (χ0v) is 16.1. The Labute approximate surface area is 148 Å². The largest absolute Gasteiger partial charge is 0.481 e. The Morgan fingerprint density at radius 1 is 1.24 bits per heavy atom. The number of amides is 1. The quantitative estimate of drug-likeness (QED) is 0.616. The Bertz CT molecular complexity index is 514. The highest BCUT2D eigenvalue weighted by atomic mass is 79.9. The molecule has 0 aliphatic rings. The van der Waals surface area contributed by atoms with Gasteiger partial charge in [0.2, 0.25) is 5.91 Å². The SMILES string of the molecule is CCN(CCC(=O)O)CC(=O)Nc1c(Br)cc(Br)cc1Br. The number of hydrogen-bond donors (Lipinski definition) is 2. The highest BCUT2D eigenvalue weighted by molar-refractivity contribution is 9.11. The number of carbonyl (C=O) groups excluding carboxylic acids is 1. The Morgan fingerprint density at radius 3 is 2.29 bits per heavy atom. The van der Waals surface area contributed by atoms with Gasteiger partial charge in [0.1, 0.15) is 0 Å². The van der Waals surface area contributed by atoms with Gasteiger partial charge in [-0.15, -0.1) is 0 Å². The molecule has 5 nitrogen and oxygen atoms in total. The van der Waals surface area contributed by atoms with Crippen LogP contribution in [0.5, 0.6) is 0 Å². The van der Waals surface area contributed by atoms with Crippen LogP contribution >= 0.6 is 47.8 Å². The van der Waals surface area contributed by atoms with Crippen LogP contribution in [0.25, 0.3) is 0 Å². The van der Waals surface area contributed by atoms with Gasteiger partial charge in [0.05, 0.1) is 18.7 Å². The molecule has 21 heavy (non-hydrogen) atoms. The van der Waals surface area contributed by atoms with Crippen LogP contribution in [0.2, 0.25) is 0 Å². The van der Waals surface area contributed by atoms with Gasteiger partial charge in [0, 0.05) is 20.0 Å². The summed E-state index contributed by atoms with van der Waals surface area (Å²) in [7, 11) is 0. The molecule has 0 aliphatic heterocycles. The fraction of sp³-hybridized carbons (Fsp3) is 0.385. The van der Waals surface area contributed by atoms with Gasteiger partial charge in [-0.1, -0.05) is 22.9 Å². The molecule has 0 aromatic heterocycles. The Morgan fingerprint density at radius 2 is 1.81 bits per heavy atom. The van der Waals surface area contributed by atoms with Gasteiger partial charge >= 0.3 is 5.97 Å². The lowest BCUT2D eigenvalue weighted by Gasteiger charge is -2.19. The summed E-state index contributed by atoms with van der Waals surface area (Å²) in [5, 5.41) is 11.5. The lowest BCUT2D eigenvalue weighted by molar-refractivity contribution is -0.137. The lowest BCUT2D eigenvalue weighted by Crippen LogP contribution is -2.34. The van der Waals surface area contributed by atoms with E-state index in [4.69, 9.17) is 5.11 Å². The van der Waals surface area contributed by atoms with Gasteiger partial charge in [-0.25, -0.2) is 0 Å². The summed E-state index contributed by atoms with van der Waals surface area (Å²) < 4.78 is 2.40. The summed E-state index contributed by atoms with van der Waals surface area (Å²) >= 11 is 10.1. The topological polar surface area (TPSA) is 69.6 Å². The van der Waals surface area contributed by atoms with Crippen molar-refractivity contribution in [2.24, 2.45) is 0 Å². The number of carbonyl (C=O) groups is 2. The molecular weight excluding hydrogens is 472 g/mol. The van der Waals surface area contributed by atoms with Crippen LogP contribution < -0.4 is 5.32 Å². The van der Waals surface area contributed by atoms with E-state index in [-0.39, 0.29) is 18.9 Å². The highest BCUT2D eigenvalue weighted by Crippen LogP contribution is 2.34. The van der Waals surface area contributed by atoms with Gasteiger partial charge in [-0.2, -0.15) is 0 Å². The zero-order chi connectivity index (χ0) is 16.0. The average molecular weight is 487 g/mol. The summed E-state index contributed by atoms with van der Waals surface area (Å²) in [6, 6.07) is 3.67. The first-order valence-corrected chi connectivity index (χ1v) is 8.60. The minimum absolute atomic E-state index is 0.0206. The van der Waals surface area contributed by atoms with Gasteiger partial charge < -0.3 is 10.4 Å². The normalized spacial score (nSPS) is 10.7. The molecule has 0 radical (unpaired) electrons. The third-order valence-corrected chi connectivity index (χ3v) is 4.44. The molecule has 8 heteroatoms. The number of nitrogens with one attached hydrogen (secondary N) is 1. The van der Waals surface area contributed by atoms with E-state index in [1.807, 2.05) is 19.1 Å². The third-order valence-electron chi connectivity index (χ3n) is 2.73. The Kier molecular flexibility index (Phi) is 7.86. The monoisotopic (exact) mass is 484 g/mol. The zero-order valence-electron chi connectivity index (χ0n) is 11.3. The molecule has 0 aliphatic carbocycles. The molecule has 2 N–H and O–H groups in total. The molecule has 1 rings (SSSR count). The number of rotatable bonds is 7. The molecule has 0 heterocycles. The Balaban J connectivity index is 2.66. The predicted molar refractivity (Wildman–Crippen MR) is 92.5 cm³/mol. The van der Waals surface area contributed by atoms with Crippen molar-refractivity contribution in [1.82, 2.24) is 4.90 Å². The van der Waals surface area contributed by atoms with E-state index in [9.17, 15) is 9.59 Å². The summed E-state index contributed by atoms with van der Waals surface area (Å²) in [5.41, 5.74) is 0.650. The molecular formula is C13H15Br3N2O3. The smallest absolute Gasteiger partial charge is 0.304 e. The number of anilines is 1. The van der Waals surface area contributed by atoms with Gasteiger partial charge in [-0.3, -0.25) is 14.5 Å². The van der Waals surface area contributed by atoms with Crippen molar-refractivity contribution in [3.8, 4) is 0 Å². The third kappa shape index (κ3) is 6.46. The number of benzene rings is 1. The number of aliphatic carboxylic acids is 1. The highest BCUT2D eigenvalue weighted by Gasteiger charge is 2.14. The van der Waals surface area contributed by atoms with Crippen LogP contribution in [-0.2, 0) is 9.59 Å². The van der Waals surface area contributed by atoms with Crippen LogP contribution in [0.4, 0.5) is 5.69 Å². The number of likely N-dealkylation sites (N-methyl/N-ethyl adjacent to an activating group) is 1. The van der Waals surface area contributed by atoms with E-state index in [1.165, 1.54) is 0 Å². The minimum atomic E-state index is -0.868. The van der Waals surface area contributed by atoms with E-state index in [2.05, 4.69) is 53.1 Å². The molecule has 0 fully saturated rings. The first-order chi connectivity index (χ1) is 9.83. The Hall–Kier alpha value is -0.440. The fourth-order valence-electron chi connectivity index (χ4n) is 1.65. The summed E-state index contributed by atoms with van der Waals surface area (Å²) in [6.07, 6.45) is 0.0206. The number of nitrogens with zero attached hydrogens (tertiary/aromatic N) is 1. The average Bonchev–Trinajstić information content (AvgIpc) is 2.38. The number of carboxylic acids is 1. The van der Waals surface area contributed by atoms with Crippen LogP contribution in [0.1, 0.15) is 13.3 Å². The number of hydrogen-bond acceptors (Lipinski definition) is 3. The van der Waals surface area contributed by atoms with Crippen LogP contribution in [0.15, 0.2) is 25.6 Å². The molecule has 0 unspecified atom stereocenters. The van der Waals surface area contributed by atoms with Gasteiger partial charge in [-0.05, 0) is 50.5 Å². The fourth-order valence-corrected chi connectivity index (χ4v) is 4.10. The molecule has 0 saturated heterocycles. The van der Waals surface area contributed by atoms with Gasteiger partial charge in [0.15, 0.2) is 0 Å². The first kappa shape index (κ1) is 18.6. The van der Waals surface area contributed by atoms with E-state index in [1.54, 1.807) is 4.90 Å². The van der Waals surface area contributed by atoms with Crippen molar-refractivity contribution in [2.45, 2.75) is 13.3 Å². The van der Waals surface area contributed by atoms with Crippen molar-refractivity contribution >= 4 is 65.4 Å². The molecule has 0 atom stereocenters. The number of halogens is 3. The van der Waals surface area contributed by atoms with Crippen LogP contribution in [-0.4, -0.2) is 41.5 Å². The second-order valence-electron chi connectivity index (χ2n) is 4.31. The maximum Gasteiger partial charge on any atom is 0.304 e. The predicted octanol–water partition coefficient (Wildman–Crippen LogP) is 3.71. The molecule has 116 valence electrons. The van der Waals surface area contributed by atoms with E-state index in [0.717, 1.165) is 13.4 Å². The maximum atomic E-state index is 12.1. The van der Waals surface area contributed by atoms with Crippen molar-refractivity contribution in [1.29, 1.82) is 0 Å². The summed E-state index contributed by atoms with van der Waals surface area (Å²) in [4.78, 5) is 24.4. The van der Waals surface area contributed by atoms with Crippen LogP contribution in [0.3, 0.4) is 0 Å². The number of carboxylic acid groups (broad SMARTS) is 1. The molecule has 0 bridgehead atoms. The summed E-state index contributed by atoms with van der Waals surface area (Å²) in [5.74, 6) is -1.06. The molecule has 1 aromatic carbocycles. The summed E-state index contributed by atoms with van der Waals surface area (Å²) in [6.45, 7) is 3.00. The van der Waals surface area contributed by atoms with Gasteiger partial charge in [0.25, 0.3) is 0 Å². The lowest BCUT2D eigenvalue weighted by atomic mass is 10.3. The maximum absolute atomic E-state index is 12.1. The van der Waals surface area contributed by atoms with Crippen LogP contribution in [0, 0.1) is 0 Å². The second-order valence-corrected chi connectivity index (χ2v) is 6.93.